The highest BCUT2D eigenvalue weighted by Crippen LogP contribution is 2.46. The van der Waals surface area contributed by atoms with E-state index in [-0.39, 0.29) is 17.7 Å². The number of alkyl carbamates (subject to hydrolysis) is 1. The fourth-order valence-corrected chi connectivity index (χ4v) is 3.13. The van der Waals surface area contributed by atoms with Gasteiger partial charge in [-0.15, -0.1) is 0 Å². The van der Waals surface area contributed by atoms with Crippen LogP contribution in [0.2, 0.25) is 0 Å². The second-order valence-electron chi connectivity index (χ2n) is 6.85. The summed E-state index contributed by atoms with van der Waals surface area (Å²) < 4.78 is 5.39. The standard InChI is InChI=1S/C14H26N2O2/c1-13(2,3)18-12(17)16-14(10-9-11(10)15)7-5-4-6-8-14/h10-11H,4-9,15H2,1-3H3,(H,16,17)/t10-,11-/m1/s1. The minimum absolute atomic E-state index is 0.0972. The van der Waals surface area contributed by atoms with Crippen molar-refractivity contribution in [2.24, 2.45) is 11.7 Å². The van der Waals surface area contributed by atoms with Crippen LogP contribution < -0.4 is 11.1 Å². The Kier molecular flexibility index (Phi) is 3.58. The van der Waals surface area contributed by atoms with E-state index >= 15 is 0 Å². The molecule has 3 N–H and O–H groups in total. The number of nitrogens with one attached hydrogen (secondary N) is 1. The van der Waals surface area contributed by atoms with E-state index < -0.39 is 5.60 Å². The van der Waals surface area contributed by atoms with Gasteiger partial charge in [-0.2, -0.15) is 0 Å². The molecular formula is C14H26N2O2. The summed E-state index contributed by atoms with van der Waals surface area (Å²) in [6.07, 6.45) is 6.46. The maximum atomic E-state index is 12.0. The van der Waals surface area contributed by atoms with Crippen molar-refractivity contribution in [2.75, 3.05) is 0 Å². The molecule has 4 heteroatoms. The third-order valence-corrected chi connectivity index (χ3v) is 4.05. The average Bonchev–Trinajstić information content (AvgIpc) is 2.94. The van der Waals surface area contributed by atoms with Gasteiger partial charge in [0.25, 0.3) is 0 Å². The summed E-state index contributed by atoms with van der Waals surface area (Å²) >= 11 is 0. The summed E-state index contributed by atoms with van der Waals surface area (Å²) in [5.41, 5.74) is 5.46. The number of hydrogen-bond donors (Lipinski definition) is 2. The smallest absolute Gasteiger partial charge is 0.408 e. The fourth-order valence-electron chi connectivity index (χ4n) is 3.13. The first-order valence-corrected chi connectivity index (χ1v) is 7.09. The van der Waals surface area contributed by atoms with Crippen molar-refractivity contribution in [3.05, 3.63) is 0 Å². The second kappa shape index (κ2) is 4.72. The van der Waals surface area contributed by atoms with E-state index in [1.165, 1.54) is 19.3 Å². The van der Waals surface area contributed by atoms with E-state index in [2.05, 4.69) is 5.32 Å². The van der Waals surface area contributed by atoms with Gasteiger partial charge in [0.2, 0.25) is 0 Å². The van der Waals surface area contributed by atoms with Gasteiger partial charge in [-0.3, -0.25) is 0 Å². The first-order chi connectivity index (χ1) is 8.32. The number of carbonyl (C=O) groups excluding carboxylic acids is 1. The molecule has 0 saturated heterocycles. The van der Waals surface area contributed by atoms with Crippen molar-refractivity contribution < 1.29 is 9.53 Å². The largest absolute Gasteiger partial charge is 0.444 e. The van der Waals surface area contributed by atoms with Crippen molar-refractivity contribution in [3.63, 3.8) is 0 Å². The Morgan fingerprint density at radius 3 is 2.28 bits per heavy atom. The highest BCUT2D eigenvalue weighted by Gasteiger charge is 2.52. The van der Waals surface area contributed by atoms with Gasteiger partial charge < -0.3 is 15.8 Å². The van der Waals surface area contributed by atoms with Crippen molar-refractivity contribution in [1.29, 1.82) is 0 Å². The van der Waals surface area contributed by atoms with Crippen LogP contribution in [0.15, 0.2) is 0 Å². The van der Waals surface area contributed by atoms with Gasteiger partial charge in [0.05, 0.1) is 0 Å². The van der Waals surface area contributed by atoms with Gasteiger partial charge in [0, 0.05) is 11.6 Å². The van der Waals surface area contributed by atoms with Crippen LogP contribution in [0, 0.1) is 5.92 Å². The molecule has 0 radical (unpaired) electrons. The molecule has 2 saturated carbocycles. The molecule has 0 bridgehead atoms. The number of rotatable bonds is 2. The van der Waals surface area contributed by atoms with Crippen LogP contribution in [0.4, 0.5) is 4.79 Å². The summed E-state index contributed by atoms with van der Waals surface area (Å²) in [6.45, 7) is 5.68. The van der Waals surface area contributed by atoms with E-state index in [1.54, 1.807) is 0 Å². The lowest BCUT2D eigenvalue weighted by Crippen LogP contribution is -2.53. The maximum Gasteiger partial charge on any atom is 0.408 e. The topological polar surface area (TPSA) is 64.3 Å². The van der Waals surface area contributed by atoms with E-state index in [0.29, 0.717) is 5.92 Å². The number of ether oxygens (including phenoxy) is 1. The molecule has 2 fully saturated rings. The molecule has 18 heavy (non-hydrogen) atoms. The lowest BCUT2D eigenvalue weighted by molar-refractivity contribution is 0.0400. The van der Waals surface area contributed by atoms with Gasteiger partial charge in [-0.1, -0.05) is 19.3 Å². The quantitative estimate of drug-likeness (QED) is 0.796. The molecule has 0 spiro atoms. The molecule has 2 aliphatic carbocycles. The van der Waals surface area contributed by atoms with Crippen molar-refractivity contribution in [3.8, 4) is 0 Å². The van der Waals surface area contributed by atoms with E-state index in [0.717, 1.165) is 19.3 Å². The second-order valence-corrected chi connectivity index (χ2v) is 6.85. The summed E-state index contributed by atoms with van der Waals surface area (Å²) in [7, 11) is 0. The highest BCUT2D eigenvalue weighted by atomic mass is 16.6. The molecular weight excluding hydrogens is 228 g/mol. The zero-order valence-corrected chi connectivity index (χ0v) is 11.8. The summed E-state index contributed by atoms with van der Waals surface area (Å²) in [6, 6.07) is 0.262. The highest BCUT2D eigenvalue weighted by molar-refractivity contribution is 5.69. The Balaban J connectivity index is 1.99. The first-order valence-electron chi connectivity index (χ1n) is 7.09. The summed E-state index contributed by atoms with van der Waals surface area (Å²) in [5.74, 6) is 0.449. The van der Waals surface area contributed by atoms with Crippen LogP contribution in [-0.2, 0) is 4.74 Å². The normalized spacial score (nSPS) is 30.7. The maximum absolute atomic E-state index is 12.0. The van der Waals surface area contributed by atoms with Gasteiger partial charge in [-0.05, 0) is 46.0 Å². The zero-order chi connectivity index (χ0) is 13.4. The molecule has 4 nitrogen and oxygen atoms in total. The Morgan fingerprint density at radius 1 is 1.28 bits per heavy atom. The van der Waals surface area contributed by atoms with Crippen molar-refractivity contribution in [2.45, 2.75) is 76.5 Å². The number of hydrogen-bond acceptors (Lipinski definition) is 3. The molecule has 2 atom stereocenters. The number of carbonyl (C=O) groups is 1. The van der Waals surface area contributed by atoms with Gasteiger partial charge in [0.15, 0.2) is 0 Å². The minimum atomic E-state index is -0.439. The molecule has 0 heterocycles. The molecule has 0 aromatic carbocycles. The summed E-state index contributed by atoms with van der Waals surface area (Å²) in [4.78, 5) is 12.0. The van der Waals surface area contributed by atoms with Gasteiger partial charge in [0.1, 0.15) is 5.60 Å². The molecule has 1 amide bonds. The molecule has 0 unspecified atom stereocenters. The summed E-state index contributed by atoms with van der Waals surface area (Å²) in [5, 5.41) is 3.14. The van der Waals surface area contributed by atoms with Crippen molar-refractivity contribution in [1.82, 2.24) is 5.32 Å². The Labute approximate surface area is 110 Å². The SMILES string of the molecule is CC(C)(C)OC(=O)NC1([C@@H]2C[C@H]2N)CCCCC1. The third kappa shape index (κ3) is 3.16. The Morgan fingerprint density at radius 2 is 1.83 bits per heavy atom. The van der Waals surface area contributed by atoms with Crippen LogP contribution >= 0.6 is 0 Å². The molecule has 0 aromatic heterocycles. The van der Waals surface area contributed by atoms with Gasteiger partial charge in [-0.25, -0.2) is 4.79 Å². The number of nitrogens with two attached hydrogens (primary N) is 1. The molecule has 104 valence electrons. The molecule has 0 aliphatic heterocycles. The minimum Gasteiger partial charge on any atom is -0.444 e. The zero-order valence-electron chi connectivity index (χ0n) is 11.8. The van der Waals surface area contributed by atoms with Crippen LogP contribution in [0.25, 0.3) is 0 Å². The average molecular weight is 254 g/mol. The predicted octanol–water partition coefficient (Wildman–Crippen LogP) is 2.56. The van der Waals surface area contributed by atoms with Crippen LogP contribution in [-0.4, -0.2) is 23.3 Å². The Hall–Kier alpha value is -0.770. The van der Waals surface area contributed by atoms with Gasteiger partial charge >= 0.3 is 6.09 Å². The molecule has 2 rings (SSSR count). The molecule has 0 aromatic rings. The van der Waals surface area contributed by atoms with E-state index in [4.69, 9.17) is 10.5 Å². The first kappa shape index (κ1) is 13.7. The predicted molar refractivity (Wildman–Crippen MR) is 71.3 cm³/mol. The third-order valence-electron chi connectivity index (χ3n) is 4.05. The van der Waals surface area contributed by atoms with Crippen molar-refractivity contribution >= 4 is 6.09 Å². The fraction of sp³-hybridized carbons (Fsp3) is 0.929. The van der Waals surface area contributed by atoms with Crippen LogP contribution in [0.1, 0.15) is 59.3 Å². The lowest BCUT2D eigenvalue weighted by atomic mass is 9.78. The lowest BCUT2D eigenvalue weighted by Gasteiger charge is -2.39. The van der Waals surface area contributed by atoms with E-state index in [9.17, 15) is 4.79 Å². The van der Waals surface area contributed by atoms with E-state index in [1.807, 2.05) is 20.8 Å². The molecule has 2 aliphatic rings. The number of amides is 1. The Bertz CT molecular complexity index is 316. The van der Waals surface area contributed by atoms with Crippen LogP contribution in [0.3, 0.4) is 0 Å². The van der Waals surface area contributed by atoms with Crippen LogP contribution in [0.5, 0.6) is 0 Å². The monoisotopic (exact) mass is 254 g/mol.